The van der Waals surface area contributed by atoms with E-state index in [-0.39, 0.29) is 11.3 Å². The maximum absolute atomic E-state index is 9.51. The molecule has 94 valence electrons. The molecule has 1 aromatic carbocycles. The van der Waals surface area contributed by atoms with Gasteiger partial charge in [-0.3, -0.25) is 0 Å². The average Bonchev–Trinajstić information content (AvgIpc) is 2.39. The van der Waals surface area contributed by atoms with Gasteiger partial charge in [0.1, 0.15) is 23.5 Å². The molecule has 0 spiro atoms. The summed E-state index contributed by atoms with van der Waals surface area (Å²) in [7, 11) is 0. The molecule has 0 radical (unpaired) electrons. The quantitative estimate of drug-likeness (QED) is 0.774. The highest BCUT2D eigenvalue weighted by Gasteiger charge is 2.12. The van der Waals surface area contributed by atoms with Crippen LogP contribution in [0.1, 0.15) is 55.7 Å². The second kappa shape index (κ2) is 7.35. The third-order valence-electron chi connectivity index (χ3n) is 3.04. The van der Waals surface area contributed by atoms with E-state index in [0.717, 1.165) is 24.8 Å². The summed E-state index contributed by atoms with van der Waals surface area (Å²) >= 11 is 0. The Balaban J connectivity index is 2.73. The SMILES string of the molecule is CCCCCCCc1ccc(O)c(C#N)c1C#N. The number of hydrogen-bond acceptors (Lipinski definition) is 3. The number of nitrogens with zero attached hydrogens (tertiary/aromatic N) is 2. The number of aromatic hydroxyl groups is 1. The van der Waals surface area contributed by atoms with Crippen LogP contribution >= 0.6 is 0 Å². The van der Waals surface area contributed by atoms with Gasteiger partial charge in [0.05, 0.1) is 5.56 Å². The lowest BCUT2D eigenvalue weighted by Crippen LogP contribution is -1.95. The monoisotopic (exact) mass is 242 g/mol. The van der Waals surface area contributed by atoms with Crippen molar-refractivity contribution in [2.24, 2.45) is 0 Å². The van der Waals surface area contributed by atoms with Gasteiger partial charge < -0.3 is 5.11 Å². The van der Waals surface area contributed by atoms with Crippen LogP contribution in [0.3, 0.4) is 0 Å². The van der Waals surface area contributed by atoms with Gasteiger partial charge >= 0.3 is 0 Å². The highest BCUT2D eigenvalue weighted by atomic mass is 16.3. The zero-order valence-electron chi connectivity index (χ0n) is 10.7. The first-order valence-corrected chi connectivity index (χ1v) is 6.39. The molecule has 0 aliphatic carbocycles. The number of phenolic OH excluding ortho intramolecular Hbond substituents is 1. The molecule has 3 heteroatoms. The van der Waals surface area contributed by atoms with Crippen molar-refractivity contribution >= 4 is 0 Å². The minimum absolute atomic E-state index is 0.101. The van der Waals surface area contributed by atoms with E-state index >= 15 is 0 Å². The topological polar surface area (TPSA) is 67.8 Å². The van der Waals surface area contributed by atoms with Gasteiger partial charge in [0, 0.05) is 0 Å². The van der Waals surface area contributed by atoms with Crippen molar-refractivity contribution < 1.29 is 5.11 Å². The summed E-state index contributed by atoms with van der Waals surface area (Å²) in [6, 6.07) is 7.16. The fraction of sp³-hybridized carbons (Fsp3) is 0.467. The van der Waals surface area contributed by atoms with Crippen LogP contribution in [0.25, 0.3) is 0 Å². The molecule has 18 heavy (non-hydrogen) atoms. The Hall–Kier alpha value is -2.00. The number of unbranched alkanes of at least 4 members (excludes halogenated alkanes) is 4. The standard InChI is InChI=1S/C15H18N2O/c1-2-3-4-5-6-7-12-8-9-15(18)14(11-17)13(12)10-16/h8-9,18H,2-7H2,1H3. The van der Waals surface area contributed by atoms with Crippen LogP contribution in [0.2, 0.25) is 0 Å². The molecule has 0 heterocycles. The second-order valence-electron chi connectivity index (χ2n) is 4.38. The van der Waals surface area contributed by atoms with Crippen molar-refractivity contribution in [2.75, 3.05) is 0 Å². The molecule has 0 aromatic heterocycles. The van der Waals surface area contributed by atoms with Crippen molar-refractivity contribution in [3.63, 3.8) is 0 Å². The van der Waals surface area contributed by atoms with Crippen LogP contribution in [0.5, 0.6) is 5.75 Å². The summed E-state index contributed by atoms with van der Waals surface area (Å²) in [6.45, 7) is 2.17. The molecule has 1 aromatic rings. The first-order chi connectivity index (χ1) is 8.74. The van der Waals surface area contributed by atoms with Gasteiger partial charge in [-0.25, -0.2) is 0 Å². The molecular weight excluding hydrogens is 224 g/mol. The van der Waals surface area contributed by atoms with Crippen LogP contribution in [-0.4, -0.2) is 5.11 Å². The van der Waals surface area contributed by atoms with Crippen LogP contribution in [0, 0.1) is 22.7 Å². The maximum atomic E-state index is 9.51. The predicted octanol–water partition coefficient (Wildman–Crippen LogP) is 3.65. The molecule has 0 fully saturated rings. The van der Waals surface area contributed by atoms with Crippen LogP contribution in [0.15, 0.2) is 12.1 Å². The average molecular weight is 242 g/mol. The molecule has 0 amide bonds. The summed E-state index contributed by atoms with van der Waals surface area (Å²) in [5.74, 6) is -0.108. The number of nitriles is 2. The fourth-order valence-electron chi connectivity index (χ4n) is 2.00. The Labute approximate surface area is 108 Å². The molecule has 1 rings (SSSR count). The first-order valence-electron chi connectivity index (χ1n) is 6.39. The largest absolute Gasteiger partial charge is 0.507 e. The van der Waals surface area contributed by atoms with Crippen LogP contribution in [-0.2, 0) is 6.42 Å². The summed E-state index contributed by atoms with van der Waals surface area (Å²) in [4.78, 5) is 0. The number of benzene rings is 1. The third kappa shape index (κ3) is 3.50. The Bertz CT molecular complexity index is 480. The van der Waals surface area contributed by atoms with E-state index in [9.17, 15) is 5.11 Å². The van der Waals surface area contributed by atoms with E-state index in [0.29, 0.717) is 5.56 Å². The minimum Gasteiger partial charge on any atom is -0.507 e. The van der Waals surface area contributed by atoms with E-state index < -0.39 is 0 Å². The normalized spacial score (nSPS) is 9.72. The minimum atomic E-state index is -0.108. The molecule has 0 aliphatic rings. The van der Waals surface area contributed by atoms with E-state index in [4.69, 9.17) is 10.5 Å². The second-order valence-corrected chi connectivity index (χ2v) is 4.38. The Morgan fingerprint density at radius 1 is 1.00 bits per heavy atom. The molecule has 0 saturated carbocycles. The third-order valence-corrected chi connectivity index (χ3v) is 3.04. The number of hydrogen-bond donors (Lipinski definition) is 1. The number of rotatable bonds is 6. The van der Waals surface area contributed by atoms with Crippen molar-refractivity contribution in [3.05, 3.63) is 28.8 Å². The van der Waals surface area contributed by atoms with E-state index in [1.807, 2.05) is 12.1 Å². The van der Waals surface area contributed by atoms with Crippen molar-refractivity contribution in [3.8, 4) is 17.9 Å². The Kier molecular flexibility index (Phi) is 5.74. The van der Waals surface area contributed by atoms with Gasteiger partial charge in [-0.1, -0.05) is 38.7 Å². The zero-order valence-corrected chi connectivity index (χ0v) is 10.7. The first kappa shape index (κ1) is 14.1. The molecule has 1 N–H and O–H groups in total. The highest BCUT2D eigenvalue weighted by Crippen LogP contribution is 2.24. The van der Waals surface area contributed by atoms with Crippen LogP contribution < -0.4 is 0 Å². The molecular formula is C15H18N2O. The fourth-order valence-corrected chi connectivity index (χ4v) is 2.00. The van der Waals surface area contributed by atoms with Crippen molar-refractivity contribution in [1.82, 2.24) is 0 Å². The lowest BCUT2D eigenvalue weighted by Gasteiger charge is -2.06. The van der Waals surface area contributed by atoms with Gasteiger partial charge in [0.15, 0.2) is 0 Å². The maximum Gasteiger partial charge on any atom is 0.134 e. The summed E-state index contributed by atoms with van der Waals surface area (Å²) < 4.78 is 0. The highest BCUT2D eigenvalue weighted by molar-refractivity contribution is 5.57. The van der Waals surface area contributed by atoms with E-state index in [2.05, 4.69) is 6.92 Å². The summed E-state index contributed by atoms with van der Waals surface area (Å²) in [6.07, 6.45) is 6.61. The molecule has 0 atom stereocenters. The Morgan fingerprint density at radius 3 is 2.28 bits per heavy atom. The van der Waals surface area contributed by atoms with Gasteiger partial charge in [-0.15, -0.1) is 0 Å². The van der Waals surface area contributed by atoms with Crippen molar-refractivity contribution in [2.45, 2.75) is 45.4 Å². The van der Waals surface area contributed by atoms with E-state index in [1.165, 1.54) is 25.3 Å². The lowest BCUT2D eigenvalue weighted by molar-refractivity contribution is 0.473. The number of aryl methyl sites for hydroxylation is 1. The number of phenols is 1. The molecule has 3 nitrogen and oxygen atoms in total. The lowest BCUT2D eigenvalue weighted by atomic mass is 9.97. The zero-order chi connectivity index (χ0) is 13.4. The molecule has 0 aliphatic heterocycles. The van der Waals surface area contributed by atoms with Gasteiger partial charge in [-0.2, -0.15) is 10.5 Å². The molecule has 0 saturated heterocycles. The molecule has 0 bridgehead atoms. The Morgan fingerprint density at radius 2 is 1.67 bits per heavy atom. The van der Waals surface area contributed by atoms with E-state index in [1.54, 1.807) is 6.07 Å². The predicted molar refractivity (Wildman–Crippen MR) is 70.0 cm³/mol. The summed E-state index contributed by atoms with van der Waals surface area (Å²) in [5, 5.41) is 27.5. The van der Waals surface area contributed by atoms with Gasteiger partial charge in [-0.05, 0) is 24.5 Å². The smallest absolute Gasteiger partial charge is 0.134 e. The van der Waals surface area contributed by atoms with Crippen LogP contribution in [0.4, 0.5) is 0 Å². The summed E-state index contributed by atoms with van der Waals surface area (Å²) in [5.41, 5.74) is 1.29. The molecule has 0 unspecified atom stereocenters. The van der Waals surface area contributed by atoms with Crippen molar-refractivity contribution in [1.29, 1.82) is 10.5 Å². The van der Waals surface area contributed by atoms with Gasteiger partial charge in [0.25, 0.3) is 0 Å². The van der Waals surface area contributed by atoms with Gasteiger partial charge in [0.2, 0.25) is 0 Å².